The van der Waals surface area contributed by atoms with Crippen LogP contribution >= 0.6 is 23.1 Å². The molecule has 0 amide bonds. The van der Waals surface area contributed by atoms with Crippen LogP contribution in [0, 0.1) is 5.92 Å². The van der Waals surface area contributed by atoms with Crippen molar-refractivity contribution < 1.29 is 0 Å². The number of nitrogens with one attached hydrogen (secondary N) is 1. The number of rotatable bonds is 4. The van der Waals surface area contributed by atoms with E-state index < -0.39 is 0 Å². The zero-order valence-electron chi connectivity index (χ0n) is 15.4. The molecule has 4 aromatic rings. The van der Waals surface area contributed by atoms with Crippen LogP contribution in [0.3, 0.4) is 0 Å². The number of benzene rings is 1. The number of aryl methyl sites for hydroxylation is 1. The van der Waals surface area contributed by atoms with Gasteiger partial charge in [0, 0.05) is 10.6 Å². The fourth-order valence-electron chi connectivity index (χ4n) is 3.68. The van der Waals surface area contributed by atoms with E-state index in [2.05, 4.69) is 22.1 Å². The fraction of sp³-hybridized carbons (Fsp3) is 0.300. The first-order valence-electron chi connectivity index (χ1n) is 9.30. The highest BCUT2D eigenvalue weighted by Crippen LogP contribution is 2.35. The van der Waals surface area contributed by atoms with Gasteiger partial charge in [0.25, 0.3) is 5.56 Å². The Morgan fingerprint density at radius 1 is 1.32 bits per heavy atom. The largest absolute Gasteiger partial charge is 0.309 e. The molecule has 142 valence electrons. The Labute approximate surface area is 170 Å². The van der Waals surface area contributed by atoms with Gasteiger partial charge in [0.1, 0.15) is 17.0 Å². The van der Waals surface area contributed by atoms with Gasteiger partial charge in [-0.3, -0.25) is 9.36 Å². The maximum absolute atomic E-state index is 12.7. The number of aromatic nitrogens is 5. The van der Waals surface area contributed by atoms with Crippen molar-refractivity contribution in [1.29, 1.82) is 0 Å². The van der Waals surface area contributed by atoms with Crippen LogP contribution in [0.2, 0.25) is 0 Å². The summed E-state index contributed by atoms with van der Waals surface area (Å²) in [6.07, 6.45) is 4.88. The van der Waals surface area contributed by atoms with Crippen molar-refractivity contribution in [1.82, 2.24) is 24.7 Å². The van der Waals surface area contributed by atoms with Gasteiger partial charge in [0.2, 0.25) is 0 Å². The molecule has 0 radical (unpaired) electrons. The van der Waals surface area contributed by atoms with Gasteiger partial charge in [-0.05, 0) is 42.9 Å². The van der Waals surface area contributed by atoms with E-state index in [9.17, 15) is 4.79 Å². The Morgan fingerprint density at radius 2 is 2.18 bits per heavy atom. The predicted octanol–water partition coefficient (Wildman–Crippen LogP) is 3.98. The van der Waals surface area contributed by atoms with E-state index in [4.69, 9.17) is 4.98 Å². The summed E-state index contributed by atoms with van der Waals surface area (Å²) in [5.41, 5.74) is 2.21. The third-order valence-corrected chi connectivity index (χ3v) is 7.21. The van der Waals surface area contributed by atoms with Gasteiger partial charge in [0.15, 0.2) is 5.16 Å². The predicted molar refractivity (Wildman–Crippen MR) is 112 cm³/mol. The Morgan fingerprint density at radius 3 is 3.04 bits per heavy atom. The van der Waals surface area contributed by atoms with Gasteiger partial charge in [0.05, 0.1) is 11.1 Å². The van der Waals surface area contributed by atoms with Crippen LogP contribution in [-0.2, 0) is 18.6 Å². The third kappa shape index (κ3) is 3.16. The smallest absolute Gasteiger partial charge is 0.259 e. The molecule has 0 spiro atoms. The van der Waals surface area contributed by atoms with E-state index in [1.807, 2.05) is 34.9 Å². The maximum Gasteiger partial charge on any atom is 0.259 e. The van der Waals surface area contributed by atoms with Gasteiger partial charge in [-0.25, -0.2) is 4.98 Å². The van der Waals surface area contributed by atoms with Gasteiger partial charge >= 0.3 is 0 Å². The van der Waals surface area contributed by atoms with Crippen LogP contribution in [0.1, 0.15) is 29.6 Å². The van der Waals surface area contributed by atoms with Crippen LogP contribution in [0.4, 0.5) is 0 Å². The molecule has 1 aliphatic rings. The highest BCUT2D eigenvalue weighted by molar-refractivity contribution is 7.98. The number of fused-ring (bicyclic) bond motifs is 3. The maximum atomic E-state index is 12.7. The zero-order chi connectivity index (χ0) is 19.1. The Kier molecular flexibility index (Phi) is 4.52. The summed E-state index contributed by atoms with van der Waals surface area (Å²) < 4.78 is 1.94. The van der Waals surface area contributed by atoms with Crippen LogP contribution in [0.15, 0.2) is 46.6 Å². The van der Waals surface area contributed by atoms with Crippen LogP contribution < -0.4 is 5.56 Å². The molecule has 8 heteroatoms. The number of aromatic amines is 1. The van der Waals surface area contributed by atoms with Gasteiger partial charge < -0.3 is 4.98 Å². The summed E-state index contributed by atoms with van der Waals surface area (Å²) in [5, 5.41) is 9.81. The number of hydrogen-bond acceptors (Lipinski definition) is 6. The topological polar surface area (TPSA) is 76.5 Å². The van der Waals surface area contributed by atoms with Crippen LogP contribution in [-0.4, -0.2) is 24.7 Å². The first kappa shape index (κ1) is 17.6. The highest BCUT2D eigenvalue weighted by atomic mass is 32.2. The molecule has 5 rings (SSSR count). The lowest BCUT2D eigenvalue weighted by Gasteiger charge is -2.17. The molecule has 3 aromatic heterocycles. The molecular weight excluding hydrogens is 390 g/mol. The standard InChI is InChI=1S/C20H19N5OS2/c1-12-7-8-14-15(9-12)28-19-17(14)18(26)22-16(23-19)10-27-20-24-21-11-25(20)13-5-3-2-4-6-13/h2-6,11-12H,7-10H2,1H3,(H,22,23,26)/t12-/m0/s1. The van der Waals surface area contributed by atoms with Gasteiger partial charge in [-0.15, -0.1) is 21.5 Å². The second-order valence-corrected chi connectivity index (χ2v) is 9.18. The molecule has 6 nitrogen and oxygen atoms in total. The first-order valence-corrected chi connectivity index (χ1v) is 11.1. The molecule has 0 aliphatic heterocycles. The number of thiophene rings is 1. The van der Waals surface area contributed by atoms with Gasteiger partial charge in [-0.2, -0.15) is 0 Å². The molecule has 28 heavy (non-hydrogen) atoms. The average Bonchev–Trinajstić information content (AvgIpc) is 3.30. The number of thioether (sulfide) groups is 1. The third-order valence-electron chi connectivity index (χ3n) is 5.10. The van der Waals surface area contributed by atoms with Crippen molar-refractivity contribution in [2.75, 3.05) is 0 Å². The van der Waals surface area contributed by atoms with Crippen molar-refractivity contribution in [2.45, 2.75) is 37.1 Å². The SMILES string of the molecule is C[C@H]1CCc2c(sc3nc(CSc4nncn4-c4ccccc4)[nH]c(=O)c23)C1. The summed E-state index contributed by atoms with van der Waals surface area (Å²) in [4.78, 5) is 22.7. The summed E-state index contributed by atoms with van der Waals surface area (Å²) in [6.45, 7) is 2.27. The lowest BCUT2D eigenvalue weighted by atomic mass is 9.89. The van der Waals surface area contributed by atoms with Crippen LogP contribution in [0.5, 0.6) is 0 Å². The average molecular weight is 410 g/mol. The quantitative estimate of drug-likeness (QED) is 0.516. The molecule has 0 fully saturated rings. The Bertz CT molecular complexity index is 1190. The number of H-pyrrole nitrogens is 1. The van der Waals surface area contributed by atoms with E-state index in [0.717, 1.165) is 40.3 Å². The second-order valence-electron chi connectivity index (χ2n) is 7.15. The molecule has 3 heterocycles. The van der Waals surface area contributed by atoms with Crippen LogP contribution in [0.25, 0.3) is 15.9 Å². The van der Waals surface area contributed by atoms with E-state index >= 15 is 0 Å². The molecule has 0 bridgehead atoms. The summed E-state index contributed by atoms with van der Waals surface area (Å²) >= 11 is 3.20. The minimum Gasteiger partial charge on any atom is -0.309 e. The molecule has 0 saturated carbocycles. The number of para-hydroxylation sites is 1. The van der Waals surface area contributed by atoms with Crippen molar-refractivity contribution in [3.8, 4) is 5.69 Å². The molecule has 1 aromatic carbocycles. The minimum absolute atomic E-state index is 0.0165. The molecule has 1 aliphatic carbocycles. The summed E-state index contributed by atoms with van der Waals surface area (Å²) in [7, 11) is 0. The monoisotopic (exact) mass is 409 g/mol. The number of nitrogens with zero attached hydrogens (tertiary/aromatic N) is 4. The fourth-order valence-corrected chi connectivity index (χ4v) is 5.88. The highest BCUT2D eigenvalue weighted by Gasteiger charge is 2.23. The van der Waals surface area contributed by atoms with E-state index in [0.29, 0.717) is 17.5 Å². The van der Waals surface area contributed by atoms with E-state index in [1.165, 1.54) is 22.2 Å². The van der Waals surface area contributed by atoms with Crippen molar-refractivity contribution in [3.05, 3.63) is 63.3 Å². The first-order chi connectivity index (χ1) is 13.7. The van der Waals surface area contributed by atoms with E-state index in [-0.39, 0.29) is 5.56 Å². The molecule has 1 N–H and O–H groups in total. The Balaban J connectivity index is 1.43. The number of hydrogen-bond donors (Lipinski definition) is 1. The summed E-state index contributed by atoms with van der Waals surface area (Å²) in [6, 6.07) is 9.96. The normalized spacial score (nSPS) is 16.4. The second kappa shape index (κ2) is 7.18. The lowest BCUT2D eigenvalue weighted by molar-refractivity contribution is 0.509. The summed E-state index contributed by atoms with van der Waals surface area (Å²) in [5.74, 6) is 1.89. The molecule has 0 unspecified atom stereocenters. The molecular formula is C20H19N5OS2. The van der Waals surface area contributed by atoms with E-state index in [1.54, 1.807) is 17.7 Å². The van der Waals surface area contributed by atoms with Crippen molar-refractivity contribution in [3.63, 3.8) is 0 Å². The van der Waals surface area contributed by atoms with Gasteiger partial charge in [-0.1, -0.05) is 36.9 Å². The molecule has 0 saturated heterocycles. The van der Waals surface area contributed by atoms with Crippen molar-refractivity contribution >= 4 is 33.3 Å². The molecule has 1 atom stereocenters. The Hall–Kier alpha value is -2.45. The minimum atomic E-state index is -0.0165. The lowest BCUT2D eigenvalue weighted by Crippen LogP contribution is -2.14. The zero-order valence-corrected chi connectivity index (χ0v) is 17.0. The van der Waals surface area contributed by atoms with Crippen molar-refractivity contribution in [2.24, 2.45) is 5.92 Å².